The summed E-state index contributed by atoms with van der Waals surface area (Å²) < 4.78 is 2.35. The molecule has 5 aromatic carbocycles. The Morgan fingerprint density at radius 1 is 0.486 bits per heavy atom. The monoisotopic (exact) mass is 471 g/mol. The highest BCUT2D eigenvalue weighted by Crippen LogP contribution is 2.33. The van der Waals surface area contributed by atoms with E-state index in [4.69, 9.17) is 0 Å². The van der Waals surface area contributed by atoms with Crippen molar-refractivity contribution in [1.82, 2.24) is 4.58 Å². The van der Waals surface area contributed by atoms with Crippen molar-refractivity contribution in [2.45, 2.75) is 5.75 Å². The number of nitrogens with zero attached hydrogens (tertiary/aromatic N) is 2. The second kappa shape index (κ2) is 11.4. The second-order valence-corrected chi connectivity index (χ2v) is 9.01. The maximum absolute atomic E-state index is 2.35. The molecule has 0 heterocycles. The van der Waals surface area contributed by atoms with E-state index >= 15 is 0 Å². The SMILES string of the molecule is c1ccc(CSC(N(c2ccccc2)c2ccccc2)=[N+](c2ccccc2)c2ccccc2)cc1. The molecule has 0 amide bonds. The molecule has 0 saturated carbocycles. The highest BCUT2D eigenvalue weighted by atomic mass is 32.2. The lowest BCUT2D eigenvalue weighted by Crippen LogP contribution is -2.31. The predicted molar refractivity (Wildman–Crippen MR) is 152 cm³/mol. The van der Waals surface area contributed by atoms with E-state index in [1.807, 2.05) is 11.8 Å². The highest BCUT2D eigenvalue weighted by molar-refractivity contribution is 8.13. The van der Waals surface area contributed by atoms with Crippen molar-refractivity contribution in [3.8, 4) is 0 Å². The molecule has 0 unspecified atom stereocenters. The minimum absolute atomic E-state index is 0.850. The second-order valence-electron chi connectivity index (χ2n) is 8.07. The summed E-state index contributed by atoms with van der Waals surface area (Å²) in [5, 5.41) is 1.11. The van der Waals surface area contributed by atoms with Crippen LogP contribution in [0.2, 0.25) is 0 Å². The molecule has 0 aromatic heterocycles. The number of thioether (sulfide) groups is 1. The van der Waals surface area contributed by atoms with Crippen LogP contribution in [0.3, 0.4) is 0 Å². The number of hydrogen-bond donors (Lipinski definition) is 0. The fourth-order valence-corrected chi connectivity index (χ4v) is 5.17. The summed E-state index contributed by atoms with van der Waals surface area (Å²) in [7, 11) is 0. The van der Waals surface area contributed by atoms with Crippen molar-refractivity contribution in [3.05, 3.63) is 157 Å². The topological polar surface area (TPSA) is 6.25 Å². The number of amidine groups is 1. The van der Waals surface area contributed by atoms with E-state index in [2.05, 4.69) is 161 Å². The van der Waals surface area contributed by atoms with Crippen molar-refractivity contribution < 1.29 is 0 Å². The Balaban J connectivity index is 1.77. The van der Waals surface area contributed by atoms with Crippen molar-refractivity contribution in [2.24, 2.45) is 0 Å². The third kappa shape index (κ3) is 5.53. The lowest BCUT2D eigenvalue weighted by atomic mass is 10.2. The third-order valence-electron chi connectivity index (χ3n) is 5.65. The molecule has 0 radical (unpaired) electrons. The number of rotatable bonds is 6. The van der Waals surface area contributed by atoms with Gasteiger partial charge in [0.2, 0.25) is 0 Å². The Morgan fingerprint density at radius 2 is 0.857 bits per heavy atom. The van der Waals surface area contributed by atoms with Gasteiger partial charge >= 0.3 is 5.17 Å². The van der Waals surface area contributed by atoms with E-state index < -0.39 is 0 Å². The van der Waals surface area contributed by atoms with Gasteiger partial charge in [0.15, 0.2) is 0 Å². The minimum Gasteiger partial charge on any atom is -0.187 e. The molecule has 0 saturated heterocycles. The van der Waals surface area contributed by atoms with Crippen LogP contribution in [0.15, 0.2) is 152 Å². The van der Waals surface area contributed by atoms with Crippen LogP contribution in [0.1, 0.15) is 5.56 Å². The molecule has 0 aliphatic carbocycles. The molecule has 2 nitrogen and oxygen atoms in total. The lowest BCUT2D eigenvalue weighted by Gasteiger charge is -2.22. The van der Waals surface area contributed by atoms with Crippen LogP contribution in [0.25, 0.3) is 0 Å². The molecule has 5 rings (SSSR count). The van der Waals surface area contributed by atoms with Crippen LogP contribution in [-0.4, -0.2) is 5.17 Å². The summed E-state index contributed by atoms with van der Waals surface area (Å²) in [5.74, 6) is 0.850. The largest absolute Gasteiger partial charge is 0.329 e. The van der Waals surface area contributed by atoms with Crippen molar-refractivity contribution in [1.29, 1.82) is 0 Å². The van der Waals surface area contributed by atoms with E-state index in [9.17, 15) is 0 Å². The summed E-state index contributed by atoms with van der Waals surface area (Å²) in [6.07, 6.45) is 0. The number of hydrogen-bond acceptors (Lipinski definition) is 1. The van der Waals surface area contributed by atoms with Gasteiger partial charge in [-0.05, 0) is 65.9 Å². The van der Waals surface area contributed by atoms with Crippen LogP contribution in [0.5, 0.6) is 0 Å². The van der Waals surface area contributed by atoms with Crippen LogP contribution in [-0.2, 0) is 5.75 Å². The predicted octanol–water partition coefficient (Wildman–Crippen LogP) is 8.65. The molecule has 5 aromatic rings. The first kappa shape index (κ1) is 22.7. The number of benzene rings is 5. The van der Waals surface area contributed by atoms with Gasteiger partial charge in [0, 0.05) is 5.75 Å². The maximum atomic E-state index is 2.35. The summed E-state index contributed by atoms with van der Waals surface area (Å²) in [4.78, 5) is 2.35. The van der Waals surface area contributed by atoms with Gasteiger partial charge in [0.05, 0.1) is 0 Å². The highest BCUT2D eigenvalue weighted by Gasteiger charge is 2.30. The zero-order valence-corrected chi connectivity index (χ0v) is 20.3. The molecule has 0 aliphatic rings. The van der Waals surface area contributed by atoms with E-state index in [1.54, 1.807) is 0 Å². The molecular weight excluding hydrogens is 444 g/mol. The Bertz CT molecular complexity index is 1270. The first-order valence-electron chi connectivity index (χ1n) is 11.7. The normalized spacial score (nSPS) is 10.5. The molecule has 0 bridgehead atoms. The zero-order valence-electron chi connectivity index (χ0n) is 19.4. The van der Waals surface area contributed by atoms with Crippen molar-refractivity contribution in [3.63, 3.8) is 0 Å². The van der Waals surface area contributed by atoms with Crippen molar-refractivity contribution in [2.75, 3.05) is 4.90 Å². The molecule has 0 N–H and O–H groups in total. The molecule has 0 spiro atoms. The molecule has 0 fully saturated rings. The van der Waals surface area contributed by atoms with Gasteiger partial charge in [-0.15, -0.1) is 0 Å². The minimum atomic E-state index is 0.850. The average molecular weight is 472 g/mol. The smallest absolute Gasteiger partial charge is 0.187 e. The zero-order chi connectivity index (χ0) is 23.7. The average Bonchev–Trinajstić information content (AvgIpc) is 2.95. The third-order valence-corrected chi connectivity index (χ3v) is 6.75. The van der Waals surface area contributed by atoms with Crippen LogP contribution >= 0.6 is 11.8 Å². The number of para-hydroxylation sites is 4. The fraction of sp³-hybridized carbons (Fsp3) is 0.0312. The Hall–Kier alpha value is -4.08. The van der Waals surface area contributed by atoms with Gasteiger partial charge in [0.25, 0.3) is 0 Å². The molecule has 170 valence electrons. The maximum Gasteiger partial charge on any atom is 0.329 e. The van der Waals surface area contributed by atoms with Gasteiger partial charge in [-0.2, -0.15) is 9.48 Å². The lowest BCUT2D eigenvalue weighted by molar-refractivity contribution is 1.07. The molecule has 35 heavy (non-hydrogen) atoms. The molecule has 0 aliphatic heterocycles. The molecule has 0 atom stereocenters. The quantitative estimate of drug-likeness (QED) is 0.139. The van der Waals surface area contributed by atoms with Gasteiger partial charge in [-0.1, -0.05) is 103 Å². The summed E-state index contributed by atoms with van der Waals surface area (Å²) in [6.45, 7) is 0. The summed E-state index contributed by atoms with van der Waals surface area (Å²) >= 11 is 1.84. The fourth-order valence-electron chi connectivity index (χ4n) is 4.00. The van der Waals surface area contributed by atoms with Crippen LogP contribution in [0.4, 0.5) is 22.7 Å². The Morgan fingerprint density at radius 3 is 1.29 bits per heavy atom. The number of anilines is 2. The van der Waals surface area contributed by atoms with Crippen LogP contribution < -0.4 is 9.48 Å². The summed E-state index contributed by atoms with van der Waals surface area (Å²) in [6, 6.07) is 53.1. The van der Waals surface area contributed by atoms with Crippen molar-refractivity contribution >= 4 is 39.7 Å². The Labute approximate surface area is 211 Å². The standard InChI is InChI=1S/C32H27N2S/c1-6-16-27(17-7-1)26-35-32(33(28-18-8-2-9-19-28)29-20-10-3-11-21-29)34(30-22-12-4-13-23-30)31-24-14-5-15-25-31/h1-25H,26H2/q+1. The van der Waals surface area contributed by atoms with Gasteiger partial charge in [-0.3, -0.25) is 0 Å². The molecule has 3 heteroatoms. The van der Waals surface area contributed by atoms with E-state index in [0.717, 1.165) is 33.7 Å². The van der Waals surface area contributed by atoms with E-state index in [-0.39, 0.29) is 0 Å². The summed E-state index contributed by atoms with van der Waals surface area (Å²) in [5.41, 5.74) is 5.76. The van der Waals surface area contributed by atoms with E-state index in [0.29, 0.717) is 0 Å². The van der Waals surface area contributed by atoms with Gasteiger partial charge < -0.3 is 0 Å². The van der Waals surface area contributed by atoms with Crippen LogP contribution in [0, 0.1) is 0 Å². The van der Waals surface area contributed by atoms with E-state index in [1.165, 1.54) is 5.56 Å². The first-order valence-corrected chi connectivity index (χ1v) is 12.7. The van der Waals surface area contributed by atoms with Gasteiger partial charge in [0.1, 0.15) is 22.7 Å². The Kier molecular flexibility index (Phi) is 7.37. The molecular formula is C32H27N2S+. The first-order chi connectivity index (χ1) is 17.4. The van der Waals surface area contributed by atoms with Gasteiger partial charge in [-0.25, -0.2) is 0 Å².